The van der Waals surface area contributed by atoms with Crippen molar-refractivity contribution in [3.05, 3.63) is 41.5 Å². The highest BCUT2D eigenvalue weighted by Gasteiger charge is 2.62. The molecule has 3 saturated carbocycles. The van der Waals surface area contributed by atoms with Gasteiger partial charge in [0.05, 0.1) is 12.2 Å². The average Bonchev–Trinajstić information content (AvgIpc) is 3.15. The Kier molecular flexibility index (Phi) is 6.79. The van der Waals surface area contributed by atoms with Gasteiger partial charge in [-0.15, -0.1) is 0 Å². The van der Waals surface area contributed by atoms with Gasteiger partial charge >= 0.3 is 0 Å². The Bertz CT molecular complexity index is 993. The molecule has 6 rings (SSSR count). The predicted octanol–water partition coefficient (Wildman–Crippen LogP) is 6.31. The Labute approximate surface area is 217 Å². The van der Waals surface area contributed by atoms with Crippen molar-refractivity contribution in [2.24, 2.45) is 29.1 Å². The maximum absolute atomic E-state index is 12.0. The number of allylic oxidation sites excluding steroid dienone is 1. The highest BCUT2D eigenvalue weighted by molar-refractivity contribution is 5.91. The van der Waals surface area contributed by atoms with Crippen LogP contribution in [0.2, 0.25) is 0 Å². The van der Waals surface area contributed by atoms with Crippen LogP contribution in [0.5, 0.6) is 5.75 Å². The number of nitrogens with zero attached hydrogens (tertiary/aromatic N) is 1. The van der Waals surface area contributed by atoms with Crippen molar-refractivity contribution in [2.45, 2.75) is 96.1 Å². The van der Waals surface area contributed by atoms with Crippen LogP contribution in [-0.4, -0.2) is 41.1 Å². The van der Waals surface area contributed by atoms with Crippen LogP contribution >= 0.6 is 0 Å². The number of aliphatic hydroxyl groups is 1. The Morgan fingerprint density at radius 2 is 1.89 bits per heavy atom. The topological polar surface area (TPSA) is 49.8 Å². The van der Waals surface area contributed by atoms with E-state index in [2.05, 4.69) is 36.1 Å². The lowest BCUT2D eigenvalue weighted by Crippen LogP contribution is -2.53. The summed E-state index contributed by atoms with van der Waals surface area (Å²) in [5.41, 5.74) is 2.14. The van der Waals surface area contributed by atoms with Crippen LogP contribution in [0.3, 0.4) is 0 Å². The van der Waals surface area contributed by atoms with Crippen LogP contribution in [-0.2, 0) is 11.3 Å². The van der Waals surface area contributed by atoms with Gasteiger partial charge in [-0.25, -0.2) is 0 Å². The zero-order valence-corrected chi connectivity index (χ0v) is 22.2. The van der Waals surface area contributed by atoms with E-state index in [1.165, 1.54) is 56.3 Å². The number of hydrogen-bond donors (Lipinski definition) is 1. The Hall–Kier alpha value is -1.65. The number of rotatable bonds is 6. The molecule has 4 heteroatoms. The number of carbonyl (C=O) groups is 1. The van der Waals surface area contributed by atoms with Crippen LogP contribution in [0.1, 0.15) is 89.5 Å². The lowest BCUT2D eigenvalue weighted by molar-refractivity contribution is -0.128. The van der Waals surface area contributed by atoms with Crippen molar-refractivity contribution in [2.75, 3.05) is 19.7 Å². The minimum atomic E-state index is -0.610. The summed E-state index contributed by atoms with van der Waals surface area (Å²) in [7, 11) is 0. The molecule has 1 aliphatic heterocycles. The number of likely N-dealkylation sites (tertiary alicyclic amines) is 1. The Morgan fingerprint density at radius 1 is 1.03 bits per heavy atom. The molecule has 36 heavy (non-hydrogen) atoms. The molecule has 4 nitrogen and oxygen atoms in total. The molecule has 0 bridgehead atoms. The maximum atomic E-state index is 12.0. The van der Waals surface area contributed by atoms with Gasteiger partial charge in [-0.1, -0.05) is 24.1 Å². The first kappa shape index (κ1) is 24.7. The molecule has 0 spiro atoms. The van der Waals surface area contributed by atoms with Crippen molar-refractivity contribution in [1.82, 2.24) is 4.90 Å². The van der Waals surface area contributed by atoms with E-state index in [-0.39, 0.29) is 5.41 Å². The van der Waals surface area contributed by atoms with Gasteiger partial charge < -0.3 is 9.84 Å². The summed E-state index contributed by atoms with van der Waals surface area (Å²) in [6, 6.07) is 8.68. The molecule has 4 aliphatic carbocycles. The minimum Gasteiger partial charge on any atom is -0.494 e. The van der Waals surface area contributed by atoms with Crippen LogP contribution < -0.4 is 4.74 Å². The smallest absolute Gasteiger partial charge is 0.155 e. The lowest BCUT2D eigenvalue weighted by atomic mass is 9.49. The summed E-state index contributed by atoms with van der Waals surface area (Å²) in [5.74, 6) is 3.91. The van der Waals surface area contributed by atoms with Gasteiger partial charge in [0.2, 0.25) is 0 Å². The van der Waals surface area contributed by atoms with Crippen LogP contribution in [0, 0.1) is 29.1 Å². The fraction of sp³-hybridized carbons (Fsp3) is 0.719. The monoisotopic (exact) mass is 491 g/mol. The molecule has 5 aliphatic rings. The Balaban J connectivity index is 1.13. The molecule has 0 radical (unpaired) electrons. The van der Waals surface area contributed by atoms with Crippen molar-refractivity contribution in [3.63, 3.8) is 0 Å². The molecule has 1 aromatic rings. The largest absolute Gasteiger partial charge is 0.494 e. The second kappa shape index (κ2) is 9.91. The molecule has 6 atom stereocenters. The molecule has 4 unspecified atom stereocenters. The summed E-state index contributed by atoms with van der Waals surface area (Å²) >= 11 is 0. The summed E-state index contributed by atoms with van der Waals surface area (Å²) in [5, 5.41) is 11.7. The molecule has 1 saturated heterocycles. The fourth-order valence-electron chi connectivity index (χ4n) is 9.28. The lowest BCUT2D eigenvalue weighted by Gasteiger charge is -2.56. The SMILES string of the molecule is C[C@]1(O)CCC2C3CCC4=CC(=O)CCC4C3CC[C@@]21CCOc1cccc(CN2CCCCC2)c1. The molecule has 4 fully saturated rings. The highest BCUT2D eigenvalue weighted by Crippen LogP contribution is 2.66. The quantitative estimate of drug-likeness (QED) is 0.506. The van der Waals surface area contributed by atoms with E-state index in [4.69, 9.17) is 4.74 Å². The van der Waals surface area contributed by atoms with Crippen molar-refractivity contribution in [1.29, 1.82) is 0 Å². The third kappa shape index (κ3) is 4.47. The van der Waals surface area contributed by atoms with E-state index < -0.39 is 5.60 Å². The van der Waals surface area contributed by atoms with E-state index in [1.54, 1.807) is 0 Å². The maximum Gasteiger partial charge on any atom is 0.155 e. The number of piperidine rings is 1. The summed E-state index contributed by atoms with van der Waals surface area (Å²) in [6.45, 7) is 6.23. The third-order valence-corrected chi connectivity index (χ3v) is 11.1. The third-order valence-electron chi connectivity index (χ3n) is 11.1. The number of benzene rings is 1. The van der Waals surface area contributed by atoms with Crippen LogP contribution in [0.4, 0.5) is 0 Å². The molecule has 1 N–H and O–H groups in total. The normalized spacial score (nSPS) is 38.6. The van der Waals surface area contributed by atoms with E-state index in [0.717, 1.165) is 57.2 Å². The van der Waals surface area contributed by atoms with E-state index in [1.807, 2.05) is 6.08 Å². The number of hydrogen-bond acceptors (Lipinski definition) is 4. The summed E-state index contributed by atoms with van der Waals surface area (Å²) in [6.07, 6.45) is 15.4. The van der Waals surface area contributed by atoms with Crippen LogP contribution in [0.15, 0.2) is 35.9 Å². The van der Waals surface area contributed by atoms with Gasteiger partial charge in [-0.3, -0.25) is 9.69 Å². The standard InChI is InChI=1S/C32H45NO3/c1-31(35)14-13-30-29-10-8-24-21-25(34)9-11-27(24)28(29)12-15-32(30,31)16-19-36-26-7-5-6-23(20-26)22-33-17-3-2-4-18-33/h5-7,20-21,27-30,35H,2-4,8-19,22H2,1H3/t27?,28?,29?,30?,31-,32+/m0/s1. The average molecular weight is 492 g/mol. The van der Waals surface area contributed by atoms with Gasteiger partial charge in [-0.2, -0.15) is 0 Å². The molecule has 0 aromatic heterocycles. The molecule has 1 heterocycles. The zero-order chi connectivity index (χ0) is 24.8. The number of carbonyl (C=O) groups excluding carboxylic acids is 1. The molecule has 1 aromatic carbocycles. The first-order valence-electron chi connectivity index (χ1n) is 14.8. The first-order valence-corrected chi connectivity index (χ1v) is 14.8. The minimum absolute atomic E-state index is 0.0364. The van der Waals surface area contributed by atoms with Gasteiger partial charge in [0.1, 0.15) is 5.75 Å². The fourth-order valence-corrected chi connectivity index (χ4v) is 9.28. The number of fused-ring (bicyclic) bond motifs is 5. The van der Waals surface area contributed by atoms with Crippen molar-refractivity contribution in [3.8, 4) is 5.75 Å². The zero-order valence-electron chi connectivity index (χ0n) is 22.2. The molecule has 196 valence electrons. The summed E-state index contributed by atoms with van der Waals surface area (Å²) < 4.78 is 6.39. The first-order chi connectivity index (χ1) is 17.5. The highest BCUT2D eigenvalue weighted by atomic mass is 16.5. The second-order valence-corrected chi connectivity index (χ2v) is 12.9. The van der Waals surface area contributed by atoms with Crippen LogP contribution in [0.25, 0.3) is 0 Å². The predicted molar refractivity (Wildman–Crippen MR) is 143 cm³/mol. The summed E-state index contributed by atoms with van der Waals surface area (Å²) in [4.78, 5) is 14.6. The van der Waals surface area contributed by atoms with Crippen molar-refractivity contribution >= 4 is 5.78 Å². The Morgan fingerprint density at radius 3 is 2.75 bits per heavy atom. The number of ketones is 1. The van der Waals surface area contributed by atoms with E-state index in [0.29, 0.717) is 36.1 Å². The molecule has 0 amide bonds. The van der Waals surface area contributed by atoms with Gasteiger partial charge in [0.15, 0.2) is 5.78 Å². The van der Waals surface area contributed by atoms with E-state index >= 15 is 0 Å². The molecular formula is C32H45NO3. The number of ether oxygens (including phenoxy) is 1. The second-order valence-electron chi connectivity index (χ2n) is 12.9. The van der Waals surface area contributed by atoms with Gasteiger partial charge in [0.25, 0.3) is 0 Å². The van der Waals surface area contributed by atoms with Crippen molar-refractivity contribution < 1.29 is 14.6 Å². The van der Waals surface area contributed by atoms with Gasteiger partial charge in [-0.05, 0) is 132 Å². The van der Waals surface area contributed by atoms with Gasteiger partial charge in [0, 0.05) is 18.4 Å². The van der Waals surface area contributed by atoms with E-state index in [9.17, 15) is 9.90 Å². The molecular weight excluding hydrogens is 446 g/mol.